The number of aromatic nitrogens is 2. The Kier molecular flexibility index (Phi) is 4.22. The van der Waals surface area contributed by atoms with Crippen molar-refractivity contribution in [1.29, 1.82) is 0 Å². The summed E-state index contributed by atoms with van der Waals surface area (Å²) < 4.78 is 5.46. The largest absolute Gasteiger partial charge is 0.338 e. The van der Waals surface area contributed by atoms with Gasteiger partial charge in [-0.15, -0.1) is 12.4 Å². The summed E-state index contributed by atoms with van der Waals surface area (Å²) in [5, 5.41) is 4.08. The van der Waals surface area contributed by atoms with Crippen LogP contribution in [0.5, 0.6) is 0 Å². The molecular weight excluding hydrogens is 262 g/mol. The Morgan fingerprint density at radius 1 is 1.16 bits per heavy atom. The van der Waals surface area contributed by atoms with E-state index in [-0.39, 0.29) is 17.8 Å². The molecule has 0 bridgehead atoms. The third-order valence-electron chi connectivity index (χ3n) is 3.86. The lowest BCUT2D eigenvalue weighted by Gasteiger charge is -2.21. The van der Waals surface area contributed by atoms with E-state index in [1.807, 2.05) is 30.3 Å². The van der Waals surface area contributed by atoms with Gasteiger partial charge in [0.1, 0.15) is 0 Å². The highest BCUT2D eigenvalue weighted by Gasteiger charge is 2.39. The molecule has 0 radical (unpaired) electrons. The Hall–Kier alpha value is -1.39. The predicted molar refractivity (Wildman–Crippen MR) is 76.2 cm³/mol. The molecule has 102 valence electrons. The molecule has 0 amide bonds. The van der Waals surface area contributed by atoms with Crippen molar-refractivity contribution < 1.29 is 4.52 Å². The second-order valence-electron chi connectivity index (χ2n) is 4.98. The first-order chi connectivity index (χ1) is 8.84. The van der Waals surface area contributed by atoms with E-state index in [1.165, 1.54) is 12.8 Å². The zero-order chi connectivity index (χ0) is 12.4. The Bertz CT molecular complexity index is 520. The van der Waals surface area contributed by atoms with Crippen LogP contribution in [0.1, 0.15) is 31.6 Å². The van der Waals surface area contributed by atoms with E-state index in [1.54, 1.807) is 0 Å². The molecule has 1 aromatic heterocycles. The maximum atomic E-state index is 5.92. The maximum Gasteiger partial charge on any atom is 0.234 e. The van der Waals surface area contributed by atoms with Crippen molar-refractivity contribution in [2.24, 2.45) is 5.73 Å². The molecular formula is C14H18ClN3O. The van der Waals surface area contributed by atoms with Crippen LogP contribution in [0.4, 0.5) is 0 Å². The van der Waals surface area contributed by atoms with Gasteiger partial charge in [0.15, 0.2) is 0 Å². The van der Waals surface area contributed by atoms with Crippen LogP contribution < -0.4 is 5.73 Å². The fourth-order valence-electron chi connectivity index (χ4n) is 2.70. The van der Waals surface area contributed by atoms with Crippen molar-refractivity contribution in [3.8, 4) is 11.4 Å². The Morgan fingerprint density at radius 3 is 2.47 bits per heavy atom. The summed E-state index contributed by atoms with van der Waals surface area (Å²) in [7, 11) is 0. The molecule has 0 unspecified atom stereocenters. The second kappa shape index (κ2) is 5.72. The third kappa shape index (κ3) is 2.51. The number of nitrogens with zero attached hydrogens (tertiary/aromatic N) is 2. The average molecular weight is 280 g/mol. The zero-order valence-electron chi connectivity index (χ0n) is 10.7. The highest BCUT2D eigenvalue weighted by molar-refractivity contribution is 5.85. The van der Waals surface area contributed by atoms with E-state index in [4.69, 9.17) is 10.3 Å². The zero-order valence-corrected chi connectivity index (χ0v) is 11.5. The maximum absolute atomic E-state index is 5.92. The summed E-state index contributed by atoms with van der Waals surface area (Å²) in [6.45, 7) is 0.587. The van der Waals surface area contributed by atoms with Crippen molar-refractivity contribution >= 4 is 12.4 Å². The molecule has 1 heterocycles. The summed E-state index contributed by atoms with van der Waals surface area (Å²) in [5.74, 6) is 1.37. The van der Waals surface area contributed by atoms with Crippen LogP contribution in [0, 0.1) is 0 Å². The van der Waals surface area contributed by atoms with Gasteiger partial charge in [0.05, 0.1) is 5.41 Å². The van der Waals surface area contributed by atoms with Crippen molar-refractivity contribution in [3.05, 3.63) is 36.2 Å². The number of hydrogen-bond donors (Lipinski definition) is 1. The van der Waals surface area contributed by atoms with Crippen molar-refractivity contribution in [2.45, 2.75) is 31.1 Å². The smallest absolute Gasteiger partial charge is 0.234 e. The average Bonchev–Trinajstić information content (AvgIpc) is 3.09. The lowest BCUT2D eigenvalue weighted by molar-refractivity contribution is 0.284. The highest BCUT2D eigenvalue weighted by atomic mass is 35.5. The number of hydrogen-bond acceptors (Lipinski definition) is 4. The first kappa shape index (κ1) is 14.0. The summed E-state index contributed by atoms with van der Waals surface area (Å²) in [6, 6.07) is 9.89. The number of nitrogens with two attached hydrogens (primary N) is 1. The van der Waals surface area contributed by atoms with Crippen molar-refractivity contribution in [1.82, 2.24) is 10.1 Å². The molecule has 1 saturated carbocycles. The van der Waals surface area contributed by atoms with Gasteiger partial charge in [-0.3, -0.25) is 0 Å². The van der Waals surface area contributed by atoms with Gasteiger partial charge in [0.2, 0.25) is 11.7 Å². The number of benzene rings is 1. The minimum atomic E-state index is -0.0833. The molecule has 1 aliphatic carbocycles. The van der Waals surface area contributed by atoms with Crippen LogP contribution in [0.2, 0.25) is 0 Å². The number of rotatable bonds is 3. The van der Waals surface area contributed by atoms with Crippen molar-refractivity contribution in [3.63, 3.8) is 0 Å². The predicted octanol–water partition coefficient (Wildman–Crippen LogP) is 2.93. The number of halogens is 1. The Labute approximate surface area is 118 Å². The molecule has 0 aliphatic heterocycles. The van der Waals surface area contributed by atoms with Crippen LogP contribution >= 0.6 is 12.4 Å². The van der Waals surface area contributed by atoms with E-state index in [0.717, 1.165) is 18.4 Å². The molecule has 2 N–H and O–H groups in total. The van der Waals surface area contributed by atoms with E-state index in [0.29, 0.717) is 18.3 Å². The summed E-state index contributed by atoms with van der Waals surface area (Å²) >= 11 is 0. The van der Waals surface area contributed by atoms with E-state index in [2.05, 4.69) is 10.1 Å². The standard InChI is InChI=1S/C14H17N3O.ClH/c15-10-14(8-4-5-9-14)13-16-12(17-18-13)11-6-2-1-3-7-11;/h1-3,6-7H,4-5,8-10,15H2;1H. The van der Waals surface area contributed by atoms with Gasteiger partial charge in [-0.1, -0.05) is 48.3 Å². The lowest BCUT2D eigenvalue weighted by atomic mass is 9.86. The third-order valence-corrected chi connectivity index (χ3v) is 3.86. The fourth-order valence-corrected chi connectivity index (χ4v) is 2.70. The first-order valence-corrected chi connectivity index (χ1v) is 6.44. The summed E-state index contributed by atoms with van der Waals surface area (Å²) in [4.78, 5) is 4.55. The van der Waals surface area contributed by atoms with Crippen LogP contribution in [-0.4, -0.2) is 16.7 Å². The van der Waals surface area contributed by atoms with Gasteiger partial charge in [-0.25, -0.2) is 0 Å². The molecule has 1 aromatic carbocycles. The van der Waals surface area contributed by atoms with Gasteiger partial charge in [0, 0.05) is 12.1 Å². The van der Waals surface area contributed by atoms with Crippen LogP contribution in [0.3, 0.4) is 0 Å². The molecule has 19 heavy (non-hydrogen) atoms. The van der Waals surface area contributed by atoms with Gasteiger partial charge >= 0.3 is 0 Å². The van der Waals surface area contributed by atoms with Gasteiger partial charge < -0.3 is 10.3 Å². The highest BCUT2D eigenvalue weighted by Crippen LogP contribution is 2.39. The molecule has 5 heteroatoms. The van der Waals surface area contributed by atoms with E-state index in [9.17, 15) is 0 Å². The Morgan fingerprint density at radius 2 is 1.84 bits per heavy atom. The van der Waals surface area contributed by atoms with Gasteiger partial charge in [-0.05, 0) is 12.8 Å². The van der Waals surface area contributed by atoms with Crippen LogP contribution in [0.25, 0.3) is 11.4 Å². The van der Waals surface area contributed by atoms with E-state index >= 15 is 0 Å². The minimum absolute atomic E-state index is 0. The Balaban J connectivity index is 0.00000133. The summed E-state index contributed by atoms with van der Waals surface area (Å²) in [5.41, 5.74) is 6.82. The normalized spacial score (nSPS) is 17.1. The van der Waals surface area contributed by atoms with Crippen molar-refractivity contribution in [2.75, 3.05) is 6.54 Å². The van der Waals surface area contributed by atoms with Crippen LogP contribution in [0.15, 0.2) is 34.9 Å². The molecule has 0 atom stereocenters. The van der Waals surface area contributed by atoms with Crippen LogP contribution in [-0.2, 0) is 5.41 Å². The monoisotopic (exact) mass is 279 g/mol. The fraction of sp³-hybridized carbons (Fsp3) is 0.429. The molecule has 1 fully saturated rings. The molecule has 0 saturated heterocycles. The molecule has 3 rings (SSSR count). The quantitative estimate of drug-likeness (QED) is 0.938. The van der Waals surface area contributed by atoms with Gasteiger partial charge in [-0.2, -0.15) is 4.98 Å². The lowest BCUT2D eigenvalue weighted by Crippen LogP contribution is -2.32. The molecule has 1 aliphatic rings. The van der Waals surface area contributed by atoms with Gasteiger partial charge in [0.25, 0.3) is 0 Å². The minimum Gasteiger partial charge on any atom is -0.338 e. The summed E-state index contributed by atoms with van der Waals surface area (Å²) in [6.07, 6.45) is 4.50. The molecule has 2 aromatic rings. The first-order valence-electron chi connectivity index (χ1n) is 6.44. The topological polar surface area (TPSA) is 64.9 Å². The molecule has 4 nitrogen and oxygen atoms in total. The van der Waals surface area contributed by atoms with E-state index < -0.39 is 0 Å². The second-order valence-corrected chi connectivity index (χ2v) is 4.98. The SMILES string of the molecule is Cl.NCC1(c2nc(-c3ccccc3)no2)CCCC1. The molecule has 0 spiro atoms.